The van der Waals surface area contributed by atoms with Crippen LogP contribution in [0.2, 0.25) is 15.1 Å². The van der Waals surface area contributed by atoms with Crippen LogP contribution < -0.4 is 10.2 Å². The maximum atomic E-state index is 12.5. The van der Waals surface area contributed by atoms with Gasteiger partial charge in [0.2, 0.25) is 5.91 Å². The third kappa shape index (κ3) is 4.35. The summed E-state index contributed by atoms with van der Waals surface area (Å²) in [5.41, 5.74) is 1.73. The van der Waals surface area contributed by atoms with Gasteiger partial charge in [-0.3, -0.25) is 4.79 Å². The summed E-state index contributed by atoms with van der Waals surface area (Å²) in [6.45, 7) is 1.66. The number of piperidine rings is 1. The molecule has 2 aromatic carbocycles. The van der Waals surface area contributed by atoms with Gasteiger partial charge in [-0.05, 0) is 49.2 Å². The van der Waals surface area contributed by atoms with E-state index in [9.17, 15) is 4.79 Å². The maximum absolute atomic E-state index is 12.5. The van der Waals surface area contributed by atoms with Gasteiger partial charge in [0.1, 0.15) is 0 Å². The number of hydrogen-bond acceptors (Lipinski definition) is 2. The van der Waals surface area contributed by atoms with Crippen molar-refractivity contribution < 1.29 is 4.79 Å². The third-order valence-electron chi connectivity index (χ3n) is 4.17. The Balaban J connectivity index is 1.59. The van der Waals surface area contributed by atoms with E-state index < -0.39 is 0 Å². The summed E-state index contributed by atoms with van der Waals surface area (Å²) in [7, 11) is 0. The van der Waals surface area contributed by atoms with Crippen LogP contribution in [0.15, 0.2) is 42.5 Å². The molecular weight excluding hydrogens is 367 g/mol. The van der Waals surface area contributed by atoms with Gasteiger partial charge in [-0.25, -0.2) is 0 Å². The van der Waals surface area contributed by atoms with Gasteiger partial charge in [0.25, 0.3) is 0 Å². The molecule has 0 aromatic heterocycles. The number of rotatable bonds is 3. The Morgan fingerprint density at radius 1 is 0.958 bits per heavy atom. The predicted molar refractivity (Wildman–Crippen MR) is 101 cm³/mol. The summed E-state index contributed by atoms with van der Waals surface area (Å²) in [5.74, 6) is -0.00253. The van der Waals surface area contributed by atoms with Gasteiger partial charge in [-0.2, -0.15) is 0 Å². The van der Waals surface area contributed by atoms with Crippen LogP contribution in [0.4, 0.5) is 11.4 Å². The fourth-order valence-electron chi connectivity index (χ4n) is 2.94. The van der Waals surface area contributed by atoms with Crippen LogP contribution in [-0.4, -0.2) is 19.0 Å². The molecule has 1 fully saturated rings. The first-order chi connectivity index (χ1) is 11.5. The van der Waals surface area contributed by atoms with Crippen molar-refractivity contribution in [1.29, 1.82) is 0 Å². The fraction of sp³-hybridized carbons (Fsp3) is 0.278. The van der Waals surface area contributed by atoms with E-state index >= 15 is 0 Å². The van der Waals surface area contributed by atoms with Gasteiger partial charge in [-0.15, -0.1) is 0 Å². The number of amides is 1. The first kappa shape index (κ1) is 17.4. The lowest BCUT2D eigenvalue weighted by molar-refractivity contribution is -0.120. The second-order valence-electron chi connectivity index (χ2n) is 5.89. The maximum Gasteiger partial charge on any atom is 0.227 e. The molecule has 1 aliphatic rings. The number of benzene rings is 2. The number of nitrogens with one attached hydrogen (secondary N) is 1. The van der Waals surface area contributed by atoms with Gasteiger partial charge >= 0.3 is 0 Å². The largest absolute Gasteiger partial charge is 0.371 e. The van der Waals surface area contributed by atoms with Crippen molar-refractivity contribution >= 4 is 52.1 Å². The number of nitrogens with zero attached hydrogens (tertiary/aromatic N) is 1. The van der Waals surface area contributed by atoms with Crippen LogP contribution >= 0.6 is 34.8 Å². The Morgan fingerprint density at radius 3 is 2.25 bits per heavy atom. The SMILES string of the molecule is O=C(Nc1cc(Cl)cc(Cl)c1)C1CCN(c2cccc(Cl)c2)CC1. The van der Waals surface area contributed by atoms with Gasteiger partial charge < -0.3 is 10.2 Å². The van der Waals surface area contributed by atoms with Crippen LogP contribution in [0.5, 0.6) is 0 Å². The van der Waals surface area contributed by atoms with Gasteiger partial charge in [0.05, 0.1) is 0 Å². The van der Waals surface area contributed by atoms with Crippen LogP contribution in [0, 0.1) is 5.92 Å². The number of hydrogen-bond donors (Lipinski definition) is 1. The molecule has 6 heteroatoms. The highest BCUT2D eigenvalue weighted by atomic mass is 35.5. The standard InChI is InChI=1S/C18H17Cl3N2O/c19-13-2-1-3-17(11-13)23-6-4-12(5-7-23)18(24)22-16-9-14(20)8-15(21)10-16/h1-3,8-12H,4-7H2,(H,22,24). The Hall–Kier alpha value is -1.42. The van der Waals surface area contributed by atoms with Crippen LogP contribution in [0.25, 0.3) is 0 Å². The molecule has 1 amide bonds. The van der Waals surface area contributed by atoms with Crippen molar-refractivity contribution in [2.24, 2.45) is 5.92 Å². The smallest absolute Gasteiger partial charge is 0.227 e. The minimum Gasteiger partial charge on any atom is -0.371 e. The van der Waals surface area contributed by atoms with Crippen LogP contribution in [0.3, 0.4) is 0 Å². The van der Waals surface area contributed by atoms with E-state index in [4.69, 9.17) is 34.8 Å². The number of anilines is 2. The lowest BCUT2D eigenvalue weighted by atomic mass is 9.95. The molecule has 1 saturated heterocycles. The van der Waals surface area contributed by atoms with Gasteiger partial charge in [0, 0.05) is 45.5 Å². The summed E-state index contributed by atoms with van der Waals surface area (Å²) in [5, 5.41) is 4.65. The van der Waals surface area contributed by atoms with Crippen molar-refractivity contribution in [3.8, 4) is 0 Å². The summed E-state index contributed by atoms with van der Waals surface area (Å²) in [6.07, 6.45) is 1.60. The molecule has 1 heterocycles. The molecule has 0 atom stereocenters. The van der Waals surface area contributed by atoms with Crippen molar-refractivity contribution in [2.45, 2.75) is 12.8 Å². The average Bonchev–Trinajstić information content (AvgIpc) is 2.54. The topological polar surface area (TPSA) is 32.3 Å². The first-order valence-corrected chi connectivity index (χ1v) is 8.92. The van der Waals surface area contributed by atoms with Crippen molar-refractivity contribution in [3.05, 3.63) is 57.5 Å². The fourth-order valence-corrected chi connectivity index (χ4v) is 3.65. The Bertz CT molecular complexity index is 723. The van der Waals surface area contributed by atoms with Crippen molar-refractivity contribution in [3.63, 3.8) is 0 Å². The molecule has 0 radical (unpaired) electrons. The van der Waals surface area contributed by atoms with E-state index in [0.717, 1.165) is 36.6 Å². The predicted octanol–water partition coefficient (Wildman–Crippen LogP) is 5.50. The lowest BCUT2D eigenvalue weighted by Gasteiger charge is -2.33. The average molecular weight is 384 g/mol. The highest BCUT2D eigenvalue weighted by molar-refractivity contribution is 6.35. The second-order valence-corrected chi connectivity index (χ2v) is 7.20. The zero-order valence-electron chi connectivity index (χ0n) is 12.9. The molecule has 1 aliphatic heterocycles. The van der Waals surface area contributed by atoms with Crippen molar-refractivity contribution in [2.75, 3.05) is 23.3 Å². The van der Waals surface area contributed by atoms with Crippen LogP contribution in [-0.2, 0) is 4.79 Å². The molecule has 0 spiro atoms. The summed E-state index contributed by atoms with van der Waals surface area (Å²) in [6, 6.07) is 12.8. The highest BCUT2D eigenvalue weighted by Gasteiger charge is 2.25. The van der Waals surface area contributed by atoms with Gasteiger partial charge in [0.15, 0.2) is 0 Å². The molecule has 3 rings (SSSR count). The molecule has 24 heavy (non-hydrogen) atoms. The minimum absolute atomic E-state index is 0.0130. The second kappa shape index (κ2) is 7.64. The Labute approximate surface area is 156 Å². The molecule has 0 aliphatic carbocycles. The lowest BCUT2D eigenvalue weighted by Crippen LogP contribution is -2.38. The molecule has 3 nitrogen and oxygen atoms in total. The quantitative estimate of drug-likeness (QED) is 0.758. The van der Waals surface area contributed by atoms with E-state index in [-0.39, 0.29) is 11.8 Å². The van der Waals surface area contributed by atoms with E-state index in [1.807, 2.05) is 24.3 Å². The summed E-state index contributed by atoms with van der Waals surface area (Å²) in [4.78, 5) is 14.7. The van der Waals surface area contributed by atoms with E-state index in [2.05, 4.69) is 10.2 Å². The van der Waals surface area contributed by atoms with Crippen LogP contribution in [0.1, 0.15) is 12.8 Å². The third-order valence-corrected chi connectivity index (χ3v) is 4.84. The molecule has 0 bridgehead atoms. The monoisotopic (exact) mass is 382 g/mol. The first-order valence-electron chi connectivity index (χ1n) is 7.79. The normalized spacial score (nSPS) is 15.4. The zero-order chi connectivity index (χ0) is 17.1. The molecule has 1 N–H and O–H groups in total. The minimum atomic E-state index is -0.0156. The number of carbonyl (C=O) groups excluding carboxylic acids is 1. The van der Waals surface area contributed by atoms with E-state index in [1.165, 1.54) is 0 Å². The molecule has 0 unspecified atom stereocenters. The summed E-state index contributed by atoms with van der Waals surface area (Å²) < 4.78 is 0. The van der Waals surface area contributed by atoms with Crippen molar-refractivity contribution in [1.82, 2.24) is 0 Å². The Kier molecular flexibility index (Phi) is 5.54. The molecular formula is C18H17Cl3N2O. The number of carbonyl (C=O) groups is 1. The van der Waals surface area contributed by atoms with Gasteiger partial charge in [-0.1, -0.05) is 40.9 Å². The number of halogens is 3. The highest BCUT2D eigenvalue weighted by Crippen LogP contribution is 2.27. The Morgan fingerprint density at radius 2 is 1.62 bits per heavy atom. The van der Waals surface area contributed by atoms with E-state index in [0.29, 0.717) is 15.7 Å². The zero-order valence-corrected chi connectivity index (χ0v) is 15.2. The summed E-state index contributed by atoms with van der Waals surface area (Å²) >= 11 is 18.0. The molecule has 0 saturated carbocycles. The van der Waals surface area contributed by atoms with E-state index in [1.54, 1.807) is 18.2 Å². The molecule has 126 valence electrons. The molecule has 2 aromatic rings.